The number of carbonyl (C=O) groups excluding carboxylic acids is 1. The number of ether oxygens (including phenoxy) is 1. The second-order valence-corrected chi connectivity index (χ2v) is 5.20. The Hall–Kier alpha value is -1.55. The van der Waals surface area contributed by atoms with Crippen molar-refractivity contribution in [3.8, 4) is 0 Å². The highest BCUT2D eigenvalue weighted by atomic mass is 16.6. The van der Waals surface area contributed by atoms with E-state index in [9.17, 15) is 9.90 Å². The van der Waals surface area contributed by atoms with Crippen molar-refractivity contribution < 1.29 is 14.6 Å². The summed E-state index contributed by atoms with van der Waals surface area (Å²) in [6.45, 7) is 4.34. The Morgan fingerprint density at radius 1 is 1.25 bits per heavy atom. The lowest BCUT2D eigenvalue weighted by Gasteiger charge is -2.23. The van der Waals surface area contributed by atoms with Gasteiger partial charge in [-0.15, -0.1) is 0 Å². The van der Waals surface area contributed by atoms with E-state index in [0.29, 0.717) is 6.54 Å². The van der Waals surface area contributed by atoms with E-state index < -0.39 is 11.7 Å². The van der Waals surface area contributed by atoms with E-state index >= 15 is 0 Å². The first-order chi connectivity index (χ1) is 9.56. The van der Waals surface area contributed by atoms with Gasteiger partial charge in [-0.3, -0.25) is 0 Å². The average Bonchev–Trinajstić information content (AvgIpc) is 2.46. The van der Waals surface area contributed by atoms with Crippen LogP contribution >= 0.6 is 0 Å². The Labute approximate surface area is 121 Å². The summed E-state index contributed by atoms with van der Waals surface area (Å²) in [6, 6.07) is 9.19. The largest absolute Gasteiger partial charge is 0.446 e. The zero-order valence-electron chi connectivity index (χ0n) is 12.4. The van der Waals surface area contributed by atoms with Crippen LogP contribution in [0.15, 0.2) is 30.3 Å². The molecule has 1 atom stereocenters. The molecular formula is C16H25NO3. The van der Waals surface area contributed by atoms with Crippen LogP contribution in [0.25, 0.3) is 0 Å². The maximum atomic E-state index is 11.5. The van der Waals surface area contributed by atoms with E-state index in [-0.39, 0.29) is 6.61 Å². The first-order valence-corrected chi connectivity index (χ1v) is 7.25. The smallest absolute Gasteiger partial charge is 0.407 e. The number of rotatable bonds is 8. The molecule has 0 spiro atoms. The first kappa shape index (κ1) is 16.5. The molecular weight excluding hydrogens is 254 g/mol. The highest BCUT2D eigenvalue weighted by Crippen LogP contribution is 2.20. The van der Waals surface area contributed by atoms with E-state index in [1.165, 1.54) is 12.8 Å². The lowest BCUT2D eigenvalue weighted by Crippen LogP contribution is -2.33. The van der Waals surface area contributed by atoms with Crippen molar-refractivity contribution >= 4 is 6.09 Å². The second kappa shape index (κ2) is 8.59. The molecule has 0 saturated heterocycles. The van der Waals surface area contributed by atoms with Gasteiger partial charge in [0, 0.05) is 6.54 Å². The average molecular weight is 279 g/mol. The van der Waals surface area contributed by atoms with Gasteiger partial charge in [-0.2, -0.15) is 0 Å². The molecule has 1 amide bonds. The molecule has 1 aromatic carbocycles. The van der Waals surface area contributed by atoms with Crippen LogP contribution in [0.1, 0.15) is 45.1 Å². The third kappa shape index (κ3) is 6.06. The van der Waals surface area contributed by atoms with Crippen molar-refractivity contribution in [2.24, 2.45) is 0 Å². The Bertz CT molecular complexity index is 390. The van der Waals surface area contributed by atoms with Gasteiger partial charge in [-0.25, -0.2) is 4.79 Å². The minimum atomic E-state index is -1.17. The van der Waals surface area contributed by atoms with E-state index in [2.05, 4.69) is 12.2 Å². The summed E-state index contributed by atoms with van der Waals surface area (Å²) in [7, 11) is 0. The van der Waals surface area contributed by atoms with Crippen molar-refractivity contribution in [1.82, 2.24) is 5.32 Å². The number of amides is 1. The highest BCUT2D eigenvalue weighted by Gasteiger charge is 2.24. The number of hydrogen-bond acceptors (Lipinski definition) is 3. The summed E-state index contributed by atoms with van der Waals surface area (Å²) in [5, 5.41) is 13.0. The summed E-state index contributed by atoms with van der Waals surface area (Å²) >= 11 is 0. The Kier molecular flexibility index (Phi) is 7.09. The van der Waals surface area contributed by atoms with Crippen LogP contribution in [0.2, 0.25) is 0 Å². The topological polar surface area (TPSA) is 58.6 Å². The summed E-state index contributed by atoms with van der Waals surface area (Å²) in [5.41, 5.74) is -0.434. The summed E-state index contributed by atoms with van der Waals surface area (Å²) in [6.07, 6.45) is 3.94. The van der Waals surface area contributed by atoms with Gasteiger partial charge in [0.15, 0.2) is 0 Å². The second-order valence-electron chi connectivity index (χ2n) is 5.20. The highest BCUT2D eigenvalue weighted by molar-refractivity contribution is 5.67. The van der Waals surface area contributed by atoms with Crippen LogP contribution < -0.4 is 5.32 Å². The van der Waals surface area contributed by atoms with Gasteiger partial charge in [0.25, 0.3) is 0 Å². The maximum absolute atomic E-state index is 11.5. The van der Waals surface area contributed by atoms with Gasteiger partial charge in [-0.05, 0) is 18.9 Å². The minimum absolute atomic E-state index is 0.0577. The molecule has 0 heterocycles. The van der Waals surface area contributed by atoms with Gasteiger partial charge in [-0.1, -0.05) is 56.5 Å². The van der Waals surface area contributed by atoms with Crippen LogP contribution in [-0.4, -0.2) is 24.4 Å². The van der Waals surface area contributed by atoms with Gasteiger partial charge in [0.1, 0.15) is 12.2 Å². The Balaban J connectivity index is 2.26. The Morgan fingerprint density at radius 3 is 2.60 bits per heavy atom. The summed E-state index contributed by atoms with van der Waals surface area (Å²) in [4.78, 5) is 11.5. The molecule has 0 saturated carbocycles. The molecule has 20 heavy (non-hydrogen) atoms. The van der Waals surface area contributed by atoms with Crippen LogP contribution in [0, 0.1) is 0 Å². The fraction of sp³-hybridized carbons (Fsp3) is 0.562. The zero-order chi connectivity index (χ0) is 14.8. The molecule has 0 fully saturated rings. The number of alkyl carbamates (subject to hydrolysis) is 1. The molecule has 0 aliphatic heterocycles. The molecule has 1 rings (SSSR count). The molecule has 0 aromatic heterocycles. The SMILES string of the molecule is CCCCCCNC(=O)OCC(C)(O)c1ccccc1. The van der Waals surface area contributed by atoms with Crippen LogP contribution in [-0.2, 0) is 10.3 Å². The zero-order valence-corrected chi connectivity index (χ0v) is 12.4. The number of aliphatic hydroxyl groups is 1. The molecule has 4 heteroatoms. The van der Waals surface area contributed by atoms with Crippen molar-refractivity contribution in [1.29, 1.82) is 0 Å². The Morgan fingerprint density at radius 2 is 1.95 bits per heavy atom. The first-order valence-electron chi connectivity index (χ1n) is 7.25. The lowest BCUT2D eigenvalue weighted by atomic mass is 9.97. The third-order valence-electron chi connectivity index (χ3n) is 3.18. The summed E-state index contributed by atoms with van der Waals surface area (Å²) in [5.74, 6) is 0. The summed E-state index contributed by atoms with van der Waals surface area (Å²) < 4.78 is 5.07. The maximum Gasteiger partial charge on any atom is 0.407 e. The van der Waals surface area contributed by atoms with Gasteiger partial charge in [0.2, 0.25) is 0 Å². The predicted molar refractivity (Wildman–Crippen MR) is 79.5 cm³/mol. The molecule has 1 unspecified atom stereocenters. The molecule has 0 bridgehead atoms. The van der Waals surface area contributed by atoms with Crippen LogP contribution in [0.4, 0.5) is 4.79 Å². The van der Waals surface area contributed by atoms with Crippen LogP contribution in [0.3, 0.4) is 0 Å². The lowest BCUT2D eigenvalue weighted by molar-refractivity contribution is -0.0113. The fourth-order valence-corrected chi connectivity index (χ4v) is 1.88. The van der Waals surface area contributed by atoms with Crippen molar-refractivity contribution in [3.05, 3.63) is 35.9 Å². The molecule has 4 nitrogen and oxygen atoms in total. The number of carbonyl (C=O) groups is 1. The molecule has 0 aliphatic carbocycles. The van der Waals surface area contributed by atoms with E-state index in [1.807, 2.05) is 30.3 Å². The number of nitrogens with one attached hydrogen (secondary N) is 1. The monoisotopic (exact) mass is 279 g/mol. The fourth-order valence-electron chi connectivity index (χ4n) is 1.88. The third-order valence-corrected chi connectivity index (χ3v) is 3.18. The number of hydrogen-bond donors (Lipinski definition) is 2. The van der Waals surface area contributed by atoms with E-state index in [1.54, 1.807) is 6.92 Å². The van der Waals surface area contributed by atoms with Crippen molar-refractivity contribution in [2.75, 3.05) is 13.2 Å². The molecule has 0 aliphatic rings. The van der Waals surface area contributed by atoms with E-state index in [4.69, 9.17) is 4.74 Å². The molecule has 112 valence electrons. The standard InChI is InChI=1S/C16H25NO3/c1-3-4-5-9-12-17-15(18)20-13-16(2,19)14-10-7-6-8-11-14/h6-8,10-11,19H,3-5,9,12-13H2,1-2H3,(H,17,18). The predicted octanol–water partition coefficient (Wildman–Crippen LogP) is 3.20. The number of unbranched alkanes of at least 4 members (excludes halogenated alkanes) is 3. The minimum Gasteiger partial charge on any atom is -0.446 e. The molecule has 2 N–H and O–H groups in total. The van der Waals surface area contributed by atoms with Gasteiger partial charge in [0.05, 0.1) is 0 Å². The van der Waals surface area contributed by atoms with Crippen LogP contribution in [0.5, 0.6) is 0 Å². The number of benzene rings is 1. The van der Waals surface area contributed by atoms with Gasteiger partial charge < -0.3 is 15.2 Å². The van der Waals surface area contributed by atoms with E-state index in [0.717, 1.165) is 18.4 Å². The van der Waals surface area contributed by atoms with Gasteiger partial charge >= 0.3 is 6.09 Å². The molecule has 0 radical (unpaired) electrons. The normalized spacial score (nSPS) is 13.6. The quantitative estimate of drug-likeness (QED) is 0.718. The van der Waals surface area contributed by atoms with Crippen molar-refractivity contribution in [2.45, 2.75) is 45.1 Å². The molecule has 1 aromatic rings. The van der Waals surface area contributed by atoms with Crippen molar-refractivity contribution in [3.63, 3.8) is 0 Å².